The number of hydrogen-bond acceptors (Lipinski definition) is 3. The minimum absolute atomic E-state index is 0.608. The highest BCUT2D eigenvalue weighted by Crippen LogP contribution is 2.47. The Hall–Kier alpha value is -0.570. The van der Waals surface area contributed by atoms with Gasteiger partial charge in [-0.25, -0.2) is 0 Å². The second-order valence-corrected chi connectivity index (χ2v) is 7.40. The molecule has 0 amide bonds. The summed E-state index contributed by atoms with van der Waals surface area (Å²) in [6, 6.07) is 1.54. The van der Waals surface area contributed by atoms with E-state index >= 15 is 0 Å². The van der Waals surface area contributed by atoms with Gasteiger partial charge in [-0.2, -0.15) is 0 Å². The zero-order valence-corrected chi connectivity index (χ0v) is 13.3. The lowest BCUT2D eigenvalue weighted by atomic mass is 9.67. The molecule has 3 fully saturated rings. The number of piperidine rings is 1. The van der Waals surface area contributed by atoms with Crippen LogP contribution >= 0.6 is 0 Å². The van der Waals surface area contributed by atoms with Gasteiger partial charge in [0.1, 0.15) is 7.11 Å². The molecule has 1 aliphatic carbocycles. The van der Waals surface area contributed by atoms with Crippen molar-refractivity contribution in [3.8, 4) is 0 Å². The molecule has 3 heteroatoms. The van der Waals surface area contributed by atoms with E-state index in [0.29, 0.717) is 12.0 Å². The maximum absolute atomic E-state index is 4.99. The van der Waals surface area contributed by atoms with Crippen LogP contribution in [0.5, 0.6) is 0 Å². The van der Waals surface area contributed by atoms with Crippen LogP contribution in [-0.2, 0) is 4.84 Å². The smallest absolute Gasteiger partial charge is 0.106 e. The van der Waals surface area contributed by atoms with E-state index in [4.69, 9.17) is 4.84 Å². The summed E-state index contributed by atoms with van der Waals surface area (Å²) in [5.41, 5.74) is 0. The highest BCUT2D eigenvalue weighted by Gasteiger charge is 2.47. The Labute approximate surface area is 123 Å². The summed E-state index contributed by atoms with van der Waals surface area (Å²) in [4.78, 5) is 7.61. The van der Waals surface area contributed by atoms with E-state index in [2.05, 4.69) is 30.2 Å². The maximum atomic E-state index is 4.99. The summed E-state index contributed by atoms with van der Waals surface area (Å²) in [6.45, 7) is 2.42. The van der Waals surface area contributed by atoms with E-state index in [1.807, 2.05) is 0 Å². The zero-order valence-electron chi connectivity index (χ0n) is 13.3. The third-order valence-electron chi connectivity index (χ3n) is 6.38. The average Bonchev–Trinajstić information content (AvgIpc) is 2.71. The van der Waals surface area contributed by atoms with Crippen LogP contribution in [0.25, 0.3) is 0 Å². The van der Waals surface area contributed by atoms with Crippen LogP contribution in [0, 0.1) is 23.7 Å². The molecule has 4 atom stereocenters. The van der Waals surface area contributed by atoms with Crippen LogP contribution in [0.15, 0.2) is 5.16 Å². The lowest BCUT2D eigenvalue weighted by molar-refractivity contribution is 0.0528. The minimum Gasteiger partial charge on any atom is -0.399 e. The first kappa shape index (κ1) is 14.4. The first-order chi connectivity index (χ1) is 9.70. The molecule has 1 saturated carbocycles. The fourth-order valence-corrected chi connectivity index (χ4v) is 5.11. The molecular formula is C17H30N2O. The molecule has 3 aliphatic rings. The monoisotopic (exact) mass is 278 g/mol. The maximum Gasteiger partial charge on any atom is 0.106 e. The van der Waals surface area contributed by atoms with E-state index in [1.54, 1.807) is 7.11 Å². The zero-order chi connectivity index (χ0) is 14.1. The minimum atomic E-state index is 0.608. The second kappa shape index (κ2) is 6.05. The van der Waals surface area contributed by atoms with Crippen LogP contribution in [0.4, 0.5) is 0 Å². The van der Waals surface area contributed by atoms with Crippen molar-refractivity contribution in [2.24, 2.45) is 28.8 Å². The SMILES string of the molecule is CO/N=C\C1C2CC[C@H](C[C@@H]1C1CCC(C)CC1)N2C. The molecule has 0 spiro atoms. The van der Waals surface area contributed by atoms with Gasteiger partial charge < -0.3 is 4.84 Å². The van der Waals surface area contributed by atoms with E-state index in [-0.39, 0.29) is 0 Å². The summed E-state index contributed by atoms with van der Waals surface area (Å²) >= 11 is 0. The number of hydrogen-bond donors (Lipinski definition) is 0. The van der Waals surface area contributed by atoms with Crippen molar-refractivity contribution in [1.29, 1.82) is 0 Å². The largest absolute Gasteiger partial charge is 0.399 e. The highest BCUT2D eigenvalue weighted by atomic mass is 16.6. The molecule has 2 bridgehead atoms. The Morgan fingerprint density at radius 2 is 1.85 bits per heavy atom. The van der Waals surface area contributed by atoms with Crippen molar-refractivity contribution in [2.75, 3.05) is 14.2 Å². The Kier molecular flexibility index (Phi) is 4.34. The molecule has 0 aromatic carbocycles. The van der Waals surface area contributed by atoms with E-state index in [0.717, 1.165) is 23.8 Å². The predicted octanol–water partition coefficient (Wildman–Crippen LogP) is 3.54. The number of rotatable bonds is 3. The average molecular weight is 278 g/mol. The standard InChI is InChI=1S/C17H30N2O/c1-12-4-6-13(7-5-12)15-10-14-8-9-17(19(14)2)16(15)11-18-20-3/h11-17H,4-10H2,1-3H3/b18-11-/t12?,13?,14-,15-,16?,17?/m1/s1. The fraction of sp³-hybridized carbons (Fsp3) is 0.941. The van der Waals surface area contributed by atoms with Crippen LogP contribution < -0.4 is 0 Å². The molecule has 2 heterocycles. The van der Waals surface area contributed by atoms with Crippen molar-refractivity contribution in [2.45, 2.75) is 64.0 Å². The summed E-state index contributed by atoms with van der Waals surface area (Å²) in [5.74, 6) is 3.32. The molecule has 3 rings (SSSR count). The van der Waals surface area contributed by atoms with Gasteiger partial charge in [-0.3, -0.25) is 4.90 Å². The second-order valence-electron chi connectivity index (χ2n) is 7.40. The first-order valence-corrected chi connectivity index (χ1v) is 8.49. The van der Waals surface area contributed by atoms with E-state index in [1.165, 1.54) is 44.9 Å². The van der Waals surface area contributed by atoms with Crippen molar-refractivity contribution >= 4 is 6.21 Å². The molecule has 2 unspecified atom stereocenters. The van der Waals surface area contributed by atoms with Crippen LogP contribution in [0.2, 0.25) is 0 Å². The lowest BCUT2D eigenvalue weighted by Crippen LogP contribution is -2.49. The number of oxime groups is 1. The molecule has 0 aromatic rings. The van der Waals surface area contributed by atoms with Crippen LogP contribution in [0.1, 0.15) is 51.9 Å². The normalized spacial score (nSPS) is 46.0. The summed E-state index contributed by atoms with van der Waals surface area (Å²) in [5, 5.41) is 4.15. The van der Waals surface area contributed by atoms with Crippen molar-refractivity contribution in [1.82, 2.24) is 4.90 Å². The molecule has 0 N–H and O–H groups in total. The van der Waals surface area contributed by atoms with Gasteiger partial charge in [0.15, 0.2) is 0 Å². The Morgan fingerprint density at radius 3 is 2.55 bits per heavy atom. The van der Waals surface area contributed by atoms with Gasteiger partial charge in [-0.05, 0) is 56.9 Å². The van der Waals surface area contributed by atoms with Gasteiger partial charge in [-0.15, -0.1) is 0 Å². The molecular weight excluding hydrogens is 248 g/mol. The predicted molar refractivity (Wildman–Crippen MR) is 82.8 cm³/mol. The topological polar surface area (TPSA) is 24.8 Å². The number of fused-ring (bicyclic) bond motifs is 2. The first-order valence-electron chi connectivity index (χ1n) is 8.49. The van der Waals surface area contributed by atoms with Crippen LogP contribution in [-0.4, -0.2) is 37.4 Å². The molecule has 20 heavy (non-hydrogen) atoms. The summed E-state index contributed by atoms with van der Waals surface area (Å²) in [7, 11) is 3.98. The number of nitrogens with zero attached hydrogens (tertiary/aromatic N) is 2. The van der Waals surface area contributed by atoms with Crippen molar-refractivity contribution in [3.05, 3.63) is 0 Å². The third kappa shape index (κ3) is 2.61. The lowest BCUT2D eigenvalue weighted by Gasteiger charge is -2.46. The van der Waals surface area contributed by atoms with Gasteiger partial charge >= 0.3 is 0 Å². The third-order valence-corrected chi connectivity index (χ3v) is 6.38. The van der Waals surface area contributed by atoms with Gasteiger partial charge in [0.2, 0.25) is 0 Å². The molecule has 0 aromatic heterocycles. The van der Waals surface area contributed by atoms with Crippen molar-refractivity contribution < 1.29 is 4.84 Å². The van der Waals surface area contributed by atoms with Gasteiger partial charge in [-0.1, -0.05) is 24.9 Å². The summed E-state index contributed by atoms with van der Waals surface area (Å²) in [6.07, 6.45) is 12.0. The Bertz CT molecular complexity index is 349. The van der Waals surface area contributed by atoms with Gasteiger partial charge in [0.05, 0.1) is 0 Å². The van der Waals surface area contributed by atoms with E-state index in [9.17, 15) is 0 Å². The molecule has 0 radical (unpaired) electrons. The quantitative estimate of drug-likeness (QED) is 0.582. The molecule has 2 saturated heterocycles. The Morgan fingerprint density at radius 1 is 1.10 bits per heavy atom. The molecule has 2 aliphatic heterocycles. The molecule has 114 valence electrons. The van der Waals surface area contributed by atoms with Gasteiger partial charge in [0.25, 0.3) is 0 Å². The van der Waals surface area contributed by atoms with Crippen LogP contribution in [0.3, 0.4) is 0 Å². The Balaban J connectivity index is 1.75. The van der Waals surface area contributed by atoms with E-state index < -0.39 is 0 Å². The molecule has 3 nitrogen and oxygen atoms in total. The highest BCUT2D eigenvalue weighted by molar-refractivity contribution is 5.62. The summed E-state index contributed by atoms with van der Waals surface area (Å²) < 4.78 is 0. The van der Waals surface area contributed by atoms with Crippen molar-refractivity contribution in [3.63, 3.8) is 0 Å². The fourth-order valence-electron chi connectivity index (χ4n) is 5.11. The van der Waals surface area contributed by atoms with Gasteiger partial charge in [0, 0.05) is 24.2 Å².